The maximum atomic E-state index is 11.6. The Balaban J connectivity index is -0.000000709. The standard InChI is InChI=1S/2C13H24N2O2Si.2C13H14N2O2.2C12H24N2OSi.C9H9BrO2.C7H18Si.C5H7N.5CH4/c1-11-9-15(12(10-16)14-11)7-8-17-18(5,6)13(2,3)4;1-11-9-14-12(10-16)15(11)7-8-17-18(5,6)13(2,3)4;1-11-7-15(10-14-11)8-13(16)17-9-12-5-3-2-4-6-12;1-11-7-14-10-15(11)8-13(16)17-9-12-5-3-2-4-6-12;1-11-9-14(10-13-11)7-8-15-16(5,6)12(2,3)4;1-11-9-13-10-14(11)7-8-15-16(5,6)12(2,3)4;10-6-9(11)12-7-8-4-2-1-3-5-8;1-7(2,3)8(4,5)6;1-5-3-2-4-6-5;;;;;/h2*9-10H,7-8H2,1-6H3;2*2-7,10H,8-9H2,1H3;2*9-10H,7-8H2,1-6H3;1-5H,6-7H2;1-6H3;3-4H,2H2,1H3;5*1H4. The maximum Gasteiger partial charge on any atom is 0.326 e. The van der Waals surface area contributed by atoms with Crippen LogP contribution in [0, 0.1) is 41.5 Å². The van der Waals surface area contributed by atoms with Crippen LogP contribution in [0.2, 0.25) is 97.2 Å². The van der Waals surface area contributed by atoms with Crippen LogP contribution in [0.25, 0.3) is 0 Å². The predicted molar refractivity (Wildman–Crippen MR) is 571 cm³/mol. The molecule has 1 aliphatic rings. The summed E-state index contributed by atoms with van der Waals surface area (Å²) in [7, 11) is -7.44. The van der Waals surface area contributed by atoms with Gasteiger partial charge >= 0.3 is 17.9 Å². The molecule has 10 rings (SSSR count). The number of nitrogens with zero attached hydrogens (tertiary/aromatic N) is 13. The molecule has 0 atom stereocenters. The number of allylic oxidation sites excluding steroid dienone is 2. The SMILES string of the molecule is C.C.C.C.C.CC(C)(C)[Si](C)(C)C.CC1=CCC=N1.Cc1cn(CC(=O)OCc2ccccc2)cn1.Cc1cn(CCO[Si](C)(C)C(C)(C)C)c(C=O)n1.Cc1cn(CCO[Si](C)(C)C(C)(C)C)cn1.Cc1cnc(C=O)n1CCO[Si](C)(C)C(C)(C)C.Cc1cncn1CC(=O)OCc1ccccc1.Cc1cncn1CCO[Si](C)(C)C(C)(C)C.O=C(CBr)OCc1ccccc1. The molecule has 1 aliphatic heterocycles. The highest BCUT2D eigenvalue weighted by atomic mass is 79.9. The fourth-order valence-electron chi connectivity index (χ4n) is 9.60. The summed E-state index contributed by atoms with van der Waals surface area (Å²) in [5.41, 5.74) is 10.1. The van der Waals surface area contributed by atoms with Crippen LogP contribution in [0.4, 0.5) is 0 Å². The number of esters is 3. The minimum atomic E-state index is -1.71. The van der Waals surface area contributed by atoms with Gasteiger partial charge in [-0.05, 0) is 143 Å². The Hall–Kier alpha value is -8.52. The van der Waals surface area contributed by atoms with E-state index in [0.29, 0.717) is 62.8 Å². The number of ether oxygens (including phenoxy) is 3. The number of halogens is 1. The molecule has 0 fully saturated rings. The fraction of sp³-hybridized carbons (Fsp3) is 0.569. The third kappa shape index (κ3) is 51.8. The summed E-state index contributed by atoms with van der Waals surface area (Å²) >= 11 is 3.01. The monoisotopic (exact) mass is 2000 g/mol. The van der Waals surface area contributed by atoms with Crippen LogP contribution < -0.4 is 0 Å². The number of aromatic nitrogens is 12. The largest absolute Gasteiger partial charge is 0.460 e. The van der Waals surface area contributed by atoms with E-state index in [1.165, 1.54) is 5.69 Å². The van der Waals surface area contributed by atoms with E-state index in [-0.39, 0.29) is 93.6 Å². The number of imidazole rings is 6. The Morgan fingerprint density at radius 1 is 0.398 bits per heavy atom. The first-order valence-corrected chi connectivity index (χ1v) is 60.3. The summed E-state index contributed by atoms with van der Waals surface area (Å²) in [6.45, 7) is 80.3. The summed E-state index contributed by atoms with van der Waals surface area (Å²) in [6.07, 6.45) is 24.7. The number of hydrogen-bond donors (Lipinski definition) is 0. The average molecular weight is 2000 g/mol. The lowest BCUT2D eigenvalue weighted by molar-refractivity contribution is -0.146. The number of rotatable bonds is 29. The summed E-state index contributed by atoms with van der Waals surface area (Å²) in [4.78, 5) is 84.0. The van der Waals surface area contributed by atoms with Crippen molar-refractivity contribution in [2.24, 2.45) is 4.99 Å². The first-order chi connectivity index (χ1) is 59.3. The van der Waals surface area contributed by atoms with E-state index >= 15 is 0 Å². The second kappa shape index (κ2) is 62.3. The van der Waals surface area contributed by atoms with Gasteiger partial charge in [0, 0.05) is 107 Å². The number of alkyl halides is 1. The first kappa shape index (κ1) is 131. The van der Waals surface area contributed by atoms with Gasteiger partial charge in [0.2, 0.25) is 0 Å². The van der Waals surface area contributed by atoms with Crippen molar-refractivity contribution >= 4 is 94.0 Å². The molecule has 25 nitrogen and oxygen atoms in total. The summed E-state index contributed by atoms with van der Waals surface area (Å²) in [5.74, 6) is 0.206. The quantitative estimate of drug-likeness (QED) is 0.0139. The number of aldehydes is 2. The van der Waals surface area contributed by atoms with Crippen molar-refractivity contribution in [3.8, 4) is 0 Å². The zero-order valence-corrected chi connectivity index (χ0v) is 90.5. The molecule has 0 amide bonds. The molecule has 0 radical (unpaired) electrons. The van der Waals surface area contributed by atoms with Gasteiger partial charge in [0.1, 0.15) is 38.2 Å². The van der Waals surface area contributed by atoms with E-state index < -0.39 is 41.3 Å². The molecular weight excluding hydrogens is 1820 g/mol. The molecule has 0 unspecified atom stereocenters. The average Bonchev–Trinajstić information content (AvgIpc) is 1.81. The van der Waals surface area contributed by atoms with Gasteiger partial charge in [0.25, 0.3) is 0 Å². The highest BCUT2D eigenvalue weighted by Gasteiger charge is 2.40. The molecule has 0 saturated heterocycles. The summed E-state index contributed by atoms with van der Waals surface area (Å²) in [6, 6.07) is 28.8. The molecule has 0 saturated carbocycles. The fourth-order valence-corrected chi connectivity index (χ4v) is 13.9. The minimum absolute atomic E-state index is 0. The van der Waals surface area contributed by atoms with E-state index in [0.717, 1.165) is 96.2 Å². The third-order valence-corrected chi connectivity index (χ3v) is 46.6. The topological polar surface area (TPSA) is 269 Å². The number of hydrogen-bond acceptors (Lipinski definition) is 19. The van der Waals surface area contributed by atoms with Crippen LogP contribution in [0.3, 0.4) is 0 Å². The van der Waals surface area contributed by atoms with Gasteiger partial charge in [-0.15, -0.1) is 0 Å². The lowest BCUT2D eigenvalue weighted by atomic mass is 10.2. The van der Waals surface area contributed by atoms with Crippen LogP contribution in [0.15, 0.2) is 170 Å². The lowest BCUT2D eigenvalue weighted by Crippen LogP contribution is -2.41. The zero-order valence-electron chi connectivity index (χ0n) is 83.9. The third-order valence-electron chi connectivity index (χ3n) is 23.5. The number of aliphatic imine (C=N–C) groups is 1. The normalized spacial score (nSPS) is 11.8. The van der Waals surface area contributed by atoms with Crippen LogP contribution in [0.1, 0.15) is 226 Å². The first-order valence-electron chi connectivity index (χ1n) is 44.0. The van der Waals surface area contributed by atoms with Gasteiger partial charge in [0.05, 0.1) is 68.8 Å². The highest BCUT2D eigenvalue weighted by molar-refractivity contribution is 9.09. The van der Waals surface area contributed by atoms with Gasteiger partial charge in [-0.3, -0.25) is 29.0 Å². The van der Waals surface area contributed by atoms with Crippen molar-refractivity contribution < 1.29 is 55.9 Å². The second-order valence-electron chi connectivity index (χ2n) is 39.8. The van der Waals surface area contributed by atoms with Gasteiger partial charge in [-0.2, -0.15) is 0 Å². The molecule has 0 spiro atoms. The van der Waals surface area contributed by atoms with Crippen LogP contribution in [0.5, 0.6) is 0 Å². The van der Waals surface area contributed by atoms with Gasteiger partial charge in [-0.1, -0.05) is 274 Å². The Labute approximate surface area is 818 Å². The van der Waals surface area contributed by atoms with Crippen LogP contribution in [-0.4, -0.2) is 167 Å². The predicted octanol–water partition coefficient (Wildman–Crippen LogP) is 26.1. The molecule has 0 aliphatic carbocycles. The maximum absolute atomic E-state index is 11.6. The Kier molecular flexibility index (Phi) is 61.2. The molecule has 7 heterocycles. The van der Waals surface area contributed by atoms with E-state index in [2.05, 4.69) is 255 Å². The van der Waals surface area contributed by atoms with Crippen molar-refractivity contribution in [2.75, 3.05) is 31.8 Å². The molecule has 0 bridgehead atoms. The van der Waals surface area contributed by atoms with Crippen molar-refractivity contribution in [1.29, 1.82) is 0 Å². The van der Waals surface area contributed by atoms with Gasteiger partial charge in [-0.25, -0.2) is 29.9 Å². The molecule has 31 heteroatoms. The molecule has 9 aromatic rings. The van der Waals surface area contributed by atoms with E-state index in [1.54, 1.807) is 34.2 Å². The number of carbonyl (C=O) groups is 5. The summed E-state index contributed by atoms with van der Waals surface area (Å²) < 4.78 is 51.0. The van der Waals surface area contributed by atoms with Crippen molar-refractivity contribution in [2.45, 2.75) is 352 Å². The second-order valence-corrected chi connectivity index (χ2v) is 65.6. The number of aryl methyl sites for hydroxylation is 6. The van der Waals surface area contributed by atoms with Crippen LogP contribution in [-0.2, 0) is 105 Å². The van der Waals surface area contributed by atoms with Crippen LogP contribution >= 0.6 is 15.9 Å². The Morgan fingerprint density at radius 2 is 0.752 bits per heavy atom. The zero-order chi connectivity index (χ0) is 97.1. The van der Waals surface area contributed by atoms with E-state index in [1.807, 2.05) is 179 Å². The Morgan fingerprint density at radius 3 is 1.07 bits per heavy atom. The van der Waals surface area contributed by atoms with Crippen molar-refractivity contribution in [3.63, 3.8) is 0 Å². The van der Waals surface area contributed by atoms with Gasteiger partial charge in [0.15, 0.2) is 57.5 Å². The minimum Gasteiger partial charge on any atom is -0.460 e. The van der Waals surface area contributed by atoms with Crippen molar-refractivity contribution in [3.05, 3.63) is 228 Å². The smallest absolute Gasteiger partial charge is 0.326 e. The molecular formula is C102H178BrN13O12Si5. The number of benzene rings is 3. The molecule has 0 N–H and O–H groups in total. The molecule has 133 heavy (non-hydrogen) atoms. The van der Waals surface area contributed by atoms with E-state index in [9.17, 15) is 24.0 Å². The van der Waals surface area contributed by atoms with E-state index in [4.69, 9.17) is 31.9 Å². The Bertz CT molecular complexity index is 4720. The van der Waals surface area contributed by atoms with Crippen molar-refractivity contribution in [1.82, 2.24) is 57.3 Å². The van der Waals surface area contributed by atoms with Gasteiger partial charge < -0.3 is 59.3 Å². The lowest BCUT2D eigenvalue weighted by Gasteiger charge is -2.36. The number of carbonyl (C=O) groups excluding carboxylic acids is 5. The molecule has 750 valence electrons. The summed E-state index contributed by atoms with van der Waals surface area (Å²) in [5, 5.41) is 1.83. The molecule has 3 aromatic carbocycles. The molecule has 6 aromatic heterocycles. The highest BCUT2D eigenvalue weighted by Crippen LogP contribution is 2.40.